The van der Waals surface area contributed by atoms with Crippen LogP contribution in [0.25, 0.3) is 0 Å². The Kier molecular flexibility index (Phi) is 1.55. The summed E-state index contributed by atoms with van der Waals surface area (Å²) in [6.45, 7) is 0.823. The molecule has 0 aromatic heterocycles. The van der Waals surface area contributed by atoms with E-state index in [0.29, 0.717) is 0 Å². The number of nitrogens with one attached hydrogen (secondary N) is 1. The molecule has 2 spiro atoms. The number of hydrogen-bond donors (Lipinski definition) is 2. The van der Waals surface area contributed by atoms with E-state index in [1.165, 1.54) is 19.3 Å². The summed E-state index contributed by atoms with van der Waals surface area (Å²) in [5.41, 5.74) is 0.207. The molecule has 2 saturated carbocycles. The third kappa shape index (κ3) is 0.929. The van der Waals surface area contributed by atoms with Gasteiger partial charge in [0.15, 0.2) is 0 Å². The summed E-state index contributed by atoms with van der Waals surface area (Å²) in [5, 5.41) is 11.9. The van der Waals surface area contributed by atoms with Crippen molar-refractivity contribution >= 4 is 5.97 Å². The number of ether oxygens (including phenoxy) is 1. The average Bonchev–Trinajstić information content (AvgIpc) is 2.83. The number of rotatable bonds is 1. The van der Waals surface area contributed by atoms with Gasteiger partial charge in [-0.25, -0.2) is 4.79 Å². The quantitative estimate of drug-likeness (QED) is 0.650. The van der Waals surface area contributed by atoms with Gasteiger partial charge in [-0.2, -0.15) is 0 Å². The summed E-state index contributed by atoms with van der Waals surface area (Å²) < 4.78 is 5.74. The van der Waals surface area contributed by atoms with Crippen molar-refractivity contribution in [3.63, 3.8) is 0 Å². The molecule has 1 heterocycles. The molecule has 0 bridgehead atoms. The average molecular weight is 197 g/mol. The highest BCUT2D eigenvalue weighted by molar-refractivity contribution is 5.72. The van der Waals surface area contributed by atoms with Crippen LogP contribution in [0.4, 0.5) is 0 Å². The molecule has 0 amide bonds. The van der Waals surface area contributed by atoms with E-state index in [-0.39, 0.29) is 11.0 Å². The summed E-state index contributed by atoms with van der Waals surface area (Å²) in [5.74, 6) is -0.883. The molecule has 1 aliphatic heterocycles. The highest BCUT2D eigenvalue weighted by atomic mass is 16.6. The lowest BCUT2D eigenvalue weighted by Gasteiger charge is -2.52. The summed E-state index contributed by atoms with van der Waals surface area (Å²) in [7, 11) is 0. The van der Waals surface area contributed by atoms with Crippen molar-refractivity contribution in [2.45, 2.75) is 43.9 Å². The number of carboxylic acid groups (broad SMARTS) is 1. The molecule has 0 aromatic rings. The molecule has 4 heteroatoms. The van der Waals surface area contributed by atoms with Gasteiger partial charge in [-0.15, -0.1) is 0 Å². The highest BCUT2D eigenvalue weighted by Crippen LogP contribution is 2.64. The van der Waals surface area contributed by atoms with Crippen LogP contribution in [-0.2, 0) is 9.53 Å². The summed E-state index contributed by atoms with van der Waals surface area (Å²) in [6, 6.07) is 0. The van der Waals surface area contributed by atoms with Gasteiger partial charge in [0.1, 0.15) is 0 Å². The van der Waals surface area contributed by atoms with Crippen molar-refractivity contribution < 1.29 is 14.6 Å². The normalized spacial score (nSPS) is 36.7. The fraction of sp³-hybridized carbons (Fsp3) is 0.900. The van der Waals surface area contributed by atoms with E-state index in [9.17, 15) is 4.79 Å². The molecule has 0 aromatic carbocycles. The van der Waals surface area contributed by atoms with Crippen LogP contribution in [0, 0.1) is 5.41 Å². The van der Waals surface area contributed by atoms with E-state index >= 15 is 0 Å². The summed E-state index contributed by atoms with van der Waals surface area (Å²) >= 11 is 0. The molecule has 2 aliphatic carbocycles. The van der Waals surface area contributed by atoms with Crippen molar-refractivity contribution in [2.75, 3.05) is 6.54 Å². The van der Waals surface area contributed by atoms with Crippen molar-refractivity contribution in [3.8, 4) is 0 Å². The second-order valence-electron chi connectivity index (χ2n) is 4.85. The minimum Gasteiger partial charge on any atom is -0.478 e. The highest BCUT2D eigenvalue weighted by Gasteiger charge is 2.65. The Morgan fingerprint density at radius 2 is 2.07 bits per heavy atom. The van der Waals surface area contributed by atoms with Gasteiger partial charge in [0, 0.05) is 12.0 Å². The predicted octanol–water partition coefficient (Wildman–Crippen LogP) is 0.720. The van der Waals surface area contributed by atoms with Gasteiger partial charge in [0.05, 0.1) is 5.60 Å². The zero-order chi connectivity index (χ0) is 9.81. The fourth-order valence-electron chi connectivity index (χ4n) is 2.91. The van der Waals surface area contributed by atoms with Crippen molar-refractivity contribution in [2.24, 2.45) is 5.41 Å². The molecule has 14 heavy (non-hydrogen) atoms. The third-order valence-corrected chi connectivity index (χ3v) is 4.17. The van der Waals surface area contributed by atoms with Gasteiger partial charge in [-0.1, -0.05) is 0 Å². The molecular weight excluding hydrogens is 182 g/mol. The maximum Gasteiger partial charge on any atom is 0.348 e. The Morgan fingerprint density at radius 3 is 2.50 bits per heavy atom. The van der Waals surface area contributed by atoms with Gasteiger partial charge in [0.2, 0.25) is 6.23 Å². The lowest BCUT2D eigenvalue weighted by molar-refractivity contribution is -0.224. The molecule has 2 N–H and O–H groups in total. The van der Waals surface area contributed by atoms with Gasteiger partial charge in [-0.05, 0) is 32.1 Å². The summed E-state index contributed by atoms with van der Waals surface area (Å²) in [6.07, 6.45) is 4.92. The van der Waals surface area contributed by atoms with Crippen molar-refractivity contribution in [1.82, 2.24) is 5.32 Å². The Bertz CT molecular complexity index is 281. The van der Waals surface area contributed by atoms with Crippen molar-refractivity contribution in [1.29, 1.82) is 0 Å². The molecule has 1 atom stereocenters. The van der Waals surface area contributed by atoms with Crippen molar-refractivity contribution in [3.05, 3.63) is 0 Å². The molecular formula is C10H15NO3. The van der Waals surface area contributed by atoms with Gasteiger partial charge in [0.25, 0.3) is 0 Å². The SMILES string of the molecule is O=C(O)C1NCC2(CC2)C2(CCC2)O1. The van der Waals surface area contributed by atoms with E-state index < -0.39 is 12.2 Å². The first kappa shape index (κ1) is 8.68. The van der Waals surface area contributed by atoms with E-state index in [2.05, 4.69) is 5.32 Å². The number of carbonyl (C=O) groups is 1. The van der Waals surface area contributed by atoms with Crippen LogP contribution >= 0.6 is 0 Å². The lowest BCUT2D eigenvalue weighted by Crippen LogP contribution is -2.63. The second kappa shape index (κ2) is 2.49. The van der Waals surface area contributed by atoms with Crippen LogP contribution in [0.2, 0.25) is 0 Å². The lowest BCUT2D eigenvalue weighted by atomic mass is 9.67. The van der Waals surface area contributed by atoms with Gasteiger partial charge < -0.3 is 9.84 Å². The zero-order valence-corrected chi connectivity index (χ0v) is 8.08. The minimum absolute atomic E-state index is 0.0820. The first-order valence-corrected chi connectivity index (χ1v) is 5.32. The molecule has 3 aliphatic rings. The van der Waals surface area contributed by atoms with Crippen LogP contribution in [0.15, 0.2) is 0 Å². The van der Waals surface area contributed by atoms with E-state index in [1.54, 1.807) is 0 Å². The van der Waals surface area contributed by atoms with Gasteiger partial charge in [-0.3, -0.25) is 5.32 Å². The molecule has 1 unspecified atom stereocenters. The number of aliphatic carboxylic acids is 1. The maximum absolute atomic E-state index is 10.8. The number of hydrogen-bond acceptors (Lipinski definition) is 3. The van der Waals surface area contributed by atoms with Crippen LogP contribution in [0.5, 0.6) is 0 Å². The summed E-state index contributed by atoms with van der Waals surface area (Å²) in [4.78, 5) is 10.8. The molecule has 3 fully saturated rings. The number of fused-ring (bicyclic) bond motifs is 1. The molecule has 0 radical (unpaired) electrons. The Hall–Kier alpha value is -0.610. The monoisotopic (exact) mass is 197 g/mol. The van der Waals surface area contributed by atoms with Gasteiger partial charge >= 0.3 is 5.97 Å². The Labute approximate surface area is 82.6 Å². The first-order chi connectivity index (χ1) is 6.68. The Balaban J connectivity index is 1.81. The molecule has 78 valence electrons. The van der Waals surface area contributed by atoms with Crippen LogP contribution in [0.3, 0.4) is 0 Å². The molecule has 3 rings (SSSR count). The standard InChI is InChI=1S/C10H15NO3/c12-8(13)7-11-6-9(4-5-9)10(14-7)2-1-3-10/h7,11H,1-6H2,(H,12,13). The second-order valence-corrected chi connectivity index (χ2v) is 4.85. The Morgan fingerprint density at radius 1 is 1.36 bits per heavy atom. The van der Waals surface area contributed by atoms with Crippen LogP contribution in [-0.4, -0.2) is 29.4 Å². The number of carboxylic acids is 1. The zero-order valence-electron chi connectivity index (χ0n) is 8.08. The predicted molar refractivity (Wildman–Crippen MR) is 48.8 cm³/mol. The van der Waals surface area contributed by atoms with E-state index in [4.69, 9.17) is 9.84 Å². The minimum atomic E-state index is -0.883. The smallest absolute Gasteiger partial charge is 0.348 e. The third-order valence-electron chi connectivity index (χ3n) is 4.17. The van der Waals surface area contributed by atoms with E-state index in [1.807, 2.05) is 0 Å². The maximum atomic E-state index is 10.8. The largest absolute Gasteiger partial charge is 0.478 e. The van der Waals surface area contributed by atoms with Crippen LogP contribution < -0.4 is 5.32 Å². The fourth-order valence-corrected chi connectivity index (χ4v) is 2.91. The molecule has 1 saturated heterocycles. The van der Waals surface area contributed by atoms with E-state index in [0.717, 1.165) is 19.4 Å². The van der Waals surface area contributed by atoms with Crippen LogP contribution in [0.1, 0.15) is 32.1 Å². The topological polar surface area (TPSA) is 58.6 Å². The molecule has 4 nitrogen and oxygen atoms in total. The first-order valence-electron chi connectivity index (χ1n) is 5.32.